The maximum absolute atomic E-state index is 13.3. The monoisotopic (exact) mass is 398 g/mol. The van der Waals surface area contributed by atoms with Gasteiger partial charge >= 0.3 is 0 Å². The number of nitrogens with one attached hydrogen (secondary N) is 1. The highest BCUT2D eigenvalue weighted by molar-refractivity contribution is 5.94. The Kier molecular flexibility index (Phi) is 5.94. The number of piperidine rings is 1. The second-order valence-electron chi connectivity index (χ2n) is 7.86. The number of amides is 2. The standard InChI is InChI=1S/C26H26N2O2/c1-19-12-14-22(15-13-19)27-26(30)23-16-17-24(29)28(18-20-8-4-2-5-9-20)25(23)21-10-6-3-7-11-21/h2-15,23,25H,16-18H2,1H3,(H,27,30). The Balaban J connectivity index is 1.65. The summed E-state index contributed by atoms with van der Waals surface area (Å²) in [7, 11) is 0. The van der Waals surface area contributed by atoms with E-state index in [0.717, 1.165) is 22.4 Å². The van der Waals surface area contributed by atoms with Gasteiger partial charge < -0.3 is 10.2 Å². The maximum Gasteiger partial charge on any atom is 0.229 e. The topological polar surface area (TPSA) is 49.4 Å². The number of hydrogen-bond donors (Lipinski definition) is 1. The first-order chi connectivity index (χ1) is 14.6. The Bertz CT molecular complexity index is 1000. The normalized spacial score (nSPS) is 18.8. The summed E-state index contributed by atoms with van der Waals surface area (Å²) in [5, 5.41) is 3.06. The average Bonchev–Trinajstić information content (AvgIpc) is 2.78. The van der Waals surface area contributed by atoms with Gasteiger partial charge in [0.25, 0.3) is 0 Å². The number of rotatable bonds is 5. The number of carbonyl (C=O) groups is 2. The first kappa shape index (κ1) is 19.9. The third-order valence-electron chi connectivity index (χ3n) is 5.70. The fraction of sp³-hybridized carbons (Fsp3) is 0.231. The van der Waals surface area contributed by atoms with Crippen LogP contribution in [0.15, 0.2) is 84.9 Å². The molecule has 1 aliphatic heterocycles. The Morgan fingerprint density at radius 1 is 0.933 bits per heavy atom. The zero-order valence-corrected chi connectivity index (χ0v) is 17.1. The van der Waals surface area contributed by atoms with Gasteiger partial charge in [0.15, 0.2) is 0 Å². The number of carbonyl (C=O) groups excluding carboxylic acids is 2. The predicted octanol–water partition coefficient (Wildman–Crippen LogP) is 5.11. The number of benzene rings is 3. The summed E-state index contributed by atoms with van der Waals surface area (Å²) < 4.78 is 0. The van der Waals surface area contributed by atoms with Gasteiger partial charge in [-0.1, -0.05) is 78.4 Å². The Hall–Kier alpha value is -3.40. The highest BCUT2D eigenvalue weighted by Gasteiger charge is 2.40. The van der Waals surface area contributed by atoms with Crippen molar-refractivity contribution in [2.45, 2.75) is 32.4 Å². The molecule has 1 fully saturated rings. The molecular formula is C26H26N2O2. The highest BCUT2D eigenvalue weighted by atomic mass is 16.2. The molecule has 0 saturated carbocycles. The van der Waals surface area contributed by atoms with E-state index in [1.54, 1.807) is 0 Å². The molecule has 2 unspecified atom stereocenters. The Labute approximate surface area is 177 Å². The van der Waals surface area contributed by atoms with Crippen LogP contribution < -0.4 is 5.32 Å². The molecule has 3 aromatic rings. The van der Waals surface area contributed by atoms with Crippen LogP contribution in [0, 0.1) is 12.8 Å². The van der Waals surface area contributed by atoms with Crippen molar-refractivity contribution < 1.29 is 9.59 Å². The SMILES string of the molecule is Cc1ccc(NC(=O)C2CCC(=O)N(Cc3ccccc3)C2c2ccccc2)cc1. The van der Waals surface area contributed by atoms with Crippen LogP contribution in [0.2, 0.25) is 0 Å². The zero-order valence-electron chi connectivity index (χ0n) is 17.1. The molecule has 0 bridgehead atoms. The summed E-state index contributed by atoms with van der Waals surface area (Å²) in [6, 6.07) is 27.4. The first-order valence-corrected chi connectivity index (χ1v) is 10.4. The summed E-state index contributed by atoms with van der Waals surface area (Å²) in [5.41, 5.74) is 3.98. The second-order valence-corrected chi connectivity index (χ2v) is 7.86. The molecule has 4 rings (SSSR count). The summed E-state index contributed by atoms with van der Waals surface area (Å²) in [6.07, 6.45) is 0.920. The molecule has 0 aliphatic carbocycles. The maximum atomic E-state index is 13.3. The molecule has 1 N–H and O–H groups in total. The Morgan fingerprint density at radius 3 is 2.23 bits per heavy atom. The molecule has 30 heavy (non-hydrogen) atoms. The summed E-state index contributed by atoms with van der Waals surface area (Å²) in [6.45, 7) is 2.51. The van der Waals surface area contributed by atoms with E-state index in [1.807, 2.05) is 96.8 Å². The molecule has 0 radical (unpaired) electrons. The zero-order chi connectivity index (χ0) is 20.9. The van der Waals surface area contributed by atoms with Crippen LogP contribution in [-0.4, -0.2) is 16.7 Å². The molecule has 0 aromatic heterocycles. The van der Waals surface area contributed by atoms with Crippen molar-refractivity contribution in [1.29, 1.82) is 0 Å². The van der Waals surface area contributed by atoms with Crippen molar-refractivity contribution in [1.82, 2.24) is 4.90 Å². The number of likely N-dealkylation sites (tertiary alicyclic amines) is 1. The van der Waals surface area contributed by atoms with Crippen molar-refractivity contribution in [3.05, 3.63) is 102 Å². The van der Waals surface area contributed by atoms with Crippen LogP contribution >= 0.6 is 0 Å². The van der Waals surface area contributed by atoms with E-state index in [0.29, 0.717) is 19.4 Å². The van der Waals surface area contributed by atoms with Gasteiger partial charge in [0.1, 0.15) is 0 Å². The fourth-order valence-electron chi connectivity index (χ4n) is 4.13. The first-order valence-electron chi connectivity index (χ1n) is 10.4. The van der Waals surface area contributed by atoms with Gasteiger partial charge in [-0.25, -0.2) is 0 Å². The van der Waals surface area contributed by atoms with Crippen molar-refractivity contribution in [3.63, 3.8) is 0 Å². The lowest BCUT2D eigenvalue weighted by atomic mass is 9.83. The smallest absolute Gasteiger partial charge is 0.229 e. The van der Waals surface area contributed by atoms with Gasteiger partial charge in [-0.2, -0.15) is 0 Å². The van der Waals surface area contributed by atoms with Crippen molar-refractivity contribution >= 4 is 17.5 Å². The lowest BCUT2D eigenvalue weighted by molar-refractivity contribution is -0.142. The minimum absolute atomic E-state index is 0.0433. The van der Waals surface area contributed by atoms with Crippen LogP contribution in [0.5, 0.6) is 0 Å². The summed E-state index contributed by atoms with van der Waals surface area (Å²) in [5.74, 6) is -0.263. The van der Waals surface area contributed by atoms with Crippen molar-refractivity contribution in [2.75, 3.05) is 5.32 Å². The quantitative estimate of drug-likeness (QED) is 0.649. The summed E-state index contributed by atoms with van der Waals surface area (Å²) >= 11 is 0. The van der Waals surface area contributed by atoms with Crippen molar-refractivity contribution in [3.8, 4) is 0 Å². The second kappa shape index (κ2) is 8.95. The van der Waals surface area contributed by atoms with Crippen LogP contribution in [0.3, 0.4) is 0 Å². The van der Waals surface area contributed by atoms with E-state index in [9.17, 15) is 9.59 Å². The van der Waals surface area contributed by atoms with Crippen molar-refractivity contribution in [2.24, 2.45) is 5.92 Å². The van der Waals surface area contributed by atoms with Gasteiger partial charge in [-0.15, -0.1) is 0 Å². The van der Waals surface area contributed by atoms with Crippen LogP contribution in [0.4, 0.5) is 5.69 Å². The number of anilines is 1. The third-order valence-corrected chi connectivity index (χ3v) is 5.70. The largest absolute Gasteiger partial charge is 0.331 e. The van der Waals surface area contributed by atoms with E-state index < -0.39 is 0 Å². The molecule has 1 aliphatic rings. The van der Waals surface area contributed by atoms with Gasteiger partial charge in [0, 0.05) is 18.7 Å². The summed E-state index contributed by atoms with van der Waals surface area (Å²) in [4.78, 5) is 28.1. The van der Waals surface area contributed by atoms with Crippen LogP contribution in [0.1, 0.15) is 35.6 Å². The van der Waals surface area contributed by atoms with E-state index >= 15 is 0 Å². The average molecular weight is 399 g/mol. The van der Waals surface area contributed by atoms with E-state index in [4.69, 9.17) is 0 Å². The van der Waals surface area contributed by atoms with Crippen LogP contribution in [0.25, 0.3) is 0 Å². The molecule has 3 aromatic carbocycles. The molecule has 4 nitrogen and oxygen atoms in total. The lowest BCUT2D eigenvalue weighted by Gasteiger charge is -2.41. The van der Waals surface area contributed by atoms with E-state index in [-0.39, 0.29) is 23.8 Å². The minimum atomic E-state index is -0.310. The highest BCUT2D eigenvalue weighted by Crippen LogP contribution is 2.38. The molecule has 1 saturated heterocycles. The number of aryl methyl sites for hydroxylation is 1. The van der Waals surface area contributed by atoms with E-state index in [2.05, 4.69) is 5.32 Å². The molecule has 2 atom stereocenters. The molecule has 2 amide bonds. The molecule has 4 heteroatoms. The molecule has 0 spiro atoms. The predicted molar refractivity (Wildman–Crippen MR) is 119 cm³/mol. The fourth-order valence-corrected chi connectivity index (χ4v) is 4.13. The molecule has 1 heterocycles. The number of hydrogen-bond acceptors (Lipinski definition) is 2. The molecular weight excluding hydrogens is 372 g/mol. The number of nitrogens with zero attached hydrogens (tertiary/aromatic N) is 1. The van der Waals surface area contributed by atoms with Crippen LogP contribution in [-0.2, 0) is 16.1 Å². The van der Waals surface area contributed by atoms with Gasteiger partial charge in [0.2, 0.25) is 11.8 Å². The van der Waals surface area contributed by atoms with Gasteiger partial charge in [0.05, 0.1) is 12.0 Å². The lowest BCUT2D eigenvalue weighted by Crippen LogP contribution is -2.46. The third kappa shape index (κ3) is 4.43. The Morgan fingerprint density at radius 2 is 1.57 bits per heavy atom. The molecule has 152 valence electrons. The van der Waals surface area contributed by atoms with Gasteiger partial charge in [-0.05, 0) is 36.6 Å². The minimum Gasteiger partial charge on any atom is -0.331 e. The van der Waals surface area contributed by atoms with Gasteiger partial charge in [-0.3, -0.25) is 9.59 Å². The van der Waals surface area contributed by atoms with E-state index in [1.165, 1.54) is 0 Å².